The summed E-state index contributed by atoms with van der Waals surface area (Å²) >= 11 is 0. The lowest BCUT2D eigenvalue weighted by molar-refractivity contribution is 0.0465. The van der Waals surface area contributed by atoms with Gasteiger partial charge in [0.25, 0.3) is 0 Å². The van der Waals surface area contributed by atoms with Crippen molar-refractivity contribution in [3.05, 3.63) is 114 Å². The molecule has 0 aliphatic carbocycles. The van der Waals surface area contributed by atoms with Gasteiger partial charge >= 0.3 is 5.97 Å². The van der Waals surface area contributed by atoms with Crippen LogP contribution in [0.15, 0.2) is 91.0 Å². The Balaban J connectivity index is 1.24. The number of ether oxygens (including phenoxy) is 3. The molecule has 194 valence electrons. The number of hydrogen-bond acceptors (Lipinski definition) is 6. The van der Waals surface area contributed by atoms with Crippen molar-refractivity contribution in [1.29, 1.82) is 0 Å². The number of aryl methyl sites for hydroxylation is 1. The number of esters is 1. The first kappa shape index (κ1) is 24.2. The molecule has 0 fully saturated rings. The summed E-state index contributed by atoms with van der Waals surface area (Å²) in [5, 5.41) is 4.65. The maximum Gasteiger partial charge on any atom is 0.357 e. The van der Waals surface area contributed by atoms with Gasteiger partial charge in [0.2, 0.25) is 12.6 Å². The molecule has 39 heavy (non-hydrogen) atoms. The van der Waals surface area contributed by atoms with Crippen LogP contribution in [0.4, 0.5) is 0 Å². The van der Waals surface area contributed by atoms with Crippen molar-refractivity contribution in [2.75, 3.05) is 13.4 Å². The first-order valence-electron chi connectivity index (χ1n) is 12.5. The van der Waals surface area contributed by atoms with Gasteiger partial charge in [0.1, 0.15) is 0 Å². The number of aromatic nitrogens is 3. The molecule has 0 N–H and O–H groups in total. The third-order valence-corrected chi connectivity index (χ3v) is 6.67. The van der Waals surface area contributed by atoms with E-state index < -0.39 is 12.6 Å². The number of fused-ring (bicyclic) bond motifs is 1. The summed E-state index contributed by atoms with van der Waals surface area (Å²) in [6, 6.07) is 28.1. The number of Topliss-reactive ketones (excluding diaryl/α,β-unsaturated/α-hetero) is 1. The van der Waals surface area contributed by atoms with E-state index in [1.54, 1.807) is 16.8 Å². The van der Waals surface area contributed by atoms with Crippen LogP contribution in [0.25, 0.3) is 22.6 Å². The van der Waals surface area contributed by atoms with Gasteiger partial charge in [-0.2, -0.15) is 5.10 Å². The van der Waals surface area contributed by atoms with E-state index in [9.17, 15) is 9.59 Å². The fourth-order valence-electron chi connectivity index (χ4n) is 4.79. The fourth-order valence-corrected chi connectivity index (χ4v) is 4.79. The van der Waals surface area contributed by atoms with Crippen molar-refractivity contribution in [1.82, 2.24) is 14.3 Å². The zero-order chi connectivity index (χ0) is 26.9. The summed E-state index contributed by atoms with van der Waals surface area (Å²) in [5.41, 5.74) is 5.40. The largest absolute Gasteiger partial charge is 0.454 e. The summed E-state index contributed by atoms with van der Waals surface area (Å²) in [7, 11) is 0. The van der Waals surface area contributed by atoms with Crippen LogP contribution in [0, 0.1) is 13.8 Å². The lowest BCUT2D eigenvalue weighted by Crippen LogP contribution is -2.17. The molecule has 8 heteroatoms. The second-order valence-electron chi connectivity index (χ2n) is 9.19. The van der Waals surface area contributed by atoms with Crippen LogP contribution >= 0.6 is 0 Å². The monoisotopic (exact) mass is 519 g/mol. The topological polar surface area (TPSA) is 84.6 Å². The Morgan fingerprint density at radius 2 is 1.56 bits per heavy atom. The number of ketones is 1. The Hall–Kier alpha value is -5.11. The molecule has 1 aliphatic heterocycles. The molecular weight excluding hydrogens is 494 g/mol. The molecule has 3 aromatic carbocycles. The van der Waals surface area contributed by atoms with Gasteiger partial charge in [0.15, 0.2) is 23.8 Å². The molecule has 6 rings (SSSR count). The Morgan fingerprint density at radius 1 is 0.846 bits per heavy atom. The highest BCUT2D eigenvalue weighted by Crippen LogP contribution is 2.35. The van der Waals surface area contributed by atoms with E-state index in [1.807, 2.05) is 97.3 Å². The normalized spacial score (nSPS) is 11.9. The maximum absolute atomic E-state index is 13.2. The Morgan fingerprint density at radius 3 is 2.33 bits per heavy atom. The van der Waals surface area contributed by atoms with Crippen molar-refractivity contribution in [2.24, 2.45) is 0 Å². The van der Waals surface area contributed by atoms with E-state index in [2.05, 4.69) is 5.10 Å². The lowest BCUT2D eigenvalue weighted by atomic mass is 10.1. The van der Waals surface area contributed by atoms with E-state index in [4.69, 9.17) is 14.2 Å². The predicted octanol–water partition coefficient (Wildman–Crippen LogP) is 5.72. The minimum absolute atomic E-state index is 0.188. The molecule has 1 aliphatic rings. The lowest BCUT2D eigenvalue weighted by Gasteiger charge is -2.11. The number of benzene rings is 3. The molecule has 0 radical (unpaired) electrons. The quantitative estimate of drug-likeness (QED) is 0.202. The number of para-hydroxylation sites is 1. The van der Waals surface area contributed by atoms with Crippen LogP contribution in [-0.4, -0.2) is 39.5 Å². The number of carbonyl (C=O) groups excluding carboxylic acids is 2. The highest BCUT2D eigenvalue weighted by Gasteiger charge is 2.23. The molecular formula is C31H25N3O5. The maximum atomic E-state index is 13.2. The van der Waals surface area contributed by atoms with E-state index in [0.717, 1.165) is 22.6 Å². The van der Waals surface area contributed by atoms with Crippen LogP contribution < -0.4 is 9.47 Å². The van der Waals surface area contributed by atoms with Crippen LogP contribution in [0.1, 0.15) is 32.2 Å². The number of carbonyl (C=O) groups is 2. The first-order valence-corrected chi connectivity index (χ1v) is 12.5. The molecule has 0 atom stereocenters. The Labute approximate surface area is 225 Å². The molecule has 5 aromatic rings. The third-order valence-electron chi connectivity index (χ3n) is 6.67. The van der Waals surface area contributed by atoms with Crippen molar-refractivity contribution < 1.29 is 23.8 Å². The predicted molar refractivity (Wildman–Crippen MR) is 145 cm³/mol. The summed E-state index contributed by atoms with van der Waals surface area (Å²) in [6.07, 6.45) is 0. The second kappa shape index (κ2) is 9.98. The van der Waals surface area contributed by atoms with E-state index in [1.165, 1.54) is 0 Å². The van der Waals surface area contributed by atoms with Crippen molar-refractivity contribution in [3.63, 3.8) is 0 Å². The number of rotatable bonds is 7. The van der Waals surface area contributed by atoms with E-state index in [-0.39, 0.29) is 18.3 Å². The van der Waals surface area contributed by atoms with Crippen LogP contribution in [0.5, 0.6) is 11.5 Å². The van der Waals surface area contributed by atoms with Crippen molar-refractivity contribution in [3.8, 4) is 34.1 Å². The molecule has 0 unspecified atom stereocenters. The van der Waals surface area contributed by atoms with Crippen molar-refractivity contribution >= 4 is 11.8 Å². The average molecular weight is 520 g/mol. The number of hydrogen-bond donors (Lipinski definition) is 0. The van der Waals surface area contributed by atoms with Gasteiger partial charge in [0, 0.05) is 34.3 Å². The zero-order valence-corrected chi connectivity index (χ0v) is 21.5. The van der Waals surface area contributed by atoms with Gasteiger partial charge in [-0.1, -0.05) is 48.5 Å². The van der Waals surface area contributed by atoms with Gasteiger partial charge in [-0.15, -0.1) is 0 Å². The van der Waals surface area contributed by atoms with Gasteiger partial charge in [-0.3, -0.25) is 4.79 Å². The molecule has 2 aromatic heterocycles. The van der Waals surface area contributed by atoms with Gasteiger partial charge < -0.3 is 18.8 Å². The van der Waals surface area contributed by atoms with Crippen LogP contribution in [-0.2, 0) is 4.74 Å². The van der Waals surface area contributed by atoms with E-state index >= 15 is 0 Å². The second-order valence-corrected chi connectivity index (χ2v) is 9.19. The summed E-state index contributed by atoms with van der Waals surface area (Å²) in [5.74, 6) is 0.422. The Bertz CT molecular complexity index is 1690. The van der Waals surface area contributed by atoms with Gasteiger partial charge in [-0.25, -0.2) is 9.48 Å². The zero-order valence-electron chi connectivity index (χ0n) is 21.5. The SMILES string of the molecule is Cc1cc(C(=O)COC(=O)c2cc(-c3ccccc3)nn2-c2ccccc2)c(C)n1-c1ccc2c(c1)OCO2. The van der Waals surface area contributed by atoms with Crippen LogP contribution in [0.2, 0.25) is 0 Å². The van der Waals surface area contributed by atoms with Crippen molar-refractivity contribution in [2.45, 2.75) is 13.8 Å². The minimum atomic E-state index is -0.633. The summed E-state index contributed by atoms with van der Waals surface area (Å²) in [6.45, 7) is 3.58. The van der Waals surface area contributed by atoms with Gasteiger partial charge in [-0.05, 0) is 50.2 Å². The molecule has 0 amide bonds. The van der Waals surface area contributed by atoms with Gasteiger partial charge in [0.05, 0.1) is 11.4 Å². The molecule has 0 spiro atoms. The highest BCUT2D eigenvalue weighted by molar-refractivity contribution is 6.00. The smallest absolute Gasteiger partial charge is 0.357 e. The average Bonchev–Trinajstić information content (AvgIpc) is 3.69. The Kier molecular flexibility index (Phi) is 6.20. The summed E-state index contributed by atoms with van der Waals surface area (Å²) < 4.78 is 20.0. The molecule has 0 saturated carbocycles. The highest BCUT2D eigenvalue weighted by atomic mass is 16.7. The van der Waals surface area contributed by atoms with Crippen LogP contribution in [0.3, 0.4) is 0 Å². The molecule has 0 saturated heterocycles. The fraction of sp³-hybridized carbons (Fsp3) is 0.129. The standard InChI is InChI=1S/C31H25N3O5/c1-20-15-25(21(2)33(20)24-13-14-29-30(16-24)39-19-38-29)28(35)18-37-31(36)27-17-26(22-9-5-3-6-10-22)32-34(27)23-11-7-4-8-12-23/h3-17H,18-19H2,1-2H3. The summed E-state index contributed by atoms with van der Waals surface area (Å²) in [4.78, 5) is 26.4. The number of nitrogens with zero attached hydrogens (tertiary/aromatic N) is 3. The molecule has 8 nitrogen and oxygen atoms in total. The first-order chi connectivity index (χ1) is 19.0. The third kappa shape index (κ3) is 4.57. The molecule has 0 bridgehead atoms. The molecule has 3 heterocycles. The van der Waals surface area contributed by atoms with E-state index in [0.29, 0.717) is 28.4 Å². The minimum Gasteiger partial charge on any atom is -0.454 e.